The van der Waals surface area contributed by atoms with Crippen molar-refractivity contribution in [2.75, 3.05) is 6.54 Å². The Bertz CT molecular complexity index is 353. The molecule has 2 heteroatoms. The number of hydrogen-bond acceptors (Lipinski definition) is 2. The van der Waals surface area contributed by atoms with E-state index in [2.05, 4.69) is 12.2 Å². The van der Waals surface area contributed by atoms with Gasteiger partial charge >= 0.3 is 0 Å². The maximum Gasteiger partial charge on any atom is 0.136 e. The minimum Gasteiger partial charge on any atom is -0.310 e. The molecule has 1 unspecified atom stereocenters. The standard InChI is InChI=1S/C16H25NO/c1-15(10-14(18)2-3-17-15)16-7-11-4-12(8-16)6-13(5-11)9-16/h11-13,17H,2-10H2,1H3. The molecule has 0 aromatic rings. The van der Waals surface area contributed by atoms with Crippen LogP contribution in [-0.4, -0.2) is 17.9 Å². The van der Waals surface area contributed by atoms with Crippen LogP contribution >= 0.6 is 0 Å². The van der Waals surface area contributed by atoms with Gasteiger partial charge in [0.25, 0.3) is 0 Å². The molecule has 1 saturated heterocycles. The van der Waals surface area contributed by atoms with E-state index in [9.17, 15) is 4.79 Å². The normalized spacial score (nSPS) is 54.9. The van der Waals surface area contributed by atoms with Gasteiger partial charge in [0.05, 0.1) is 0 Å². The zero-order valence-electron chi connectivity index (χ0n) is 11.5. The second-order valence-corrected chi connectivity index (χ2v) is 7.92. The first kappa shape index (κ1) is 11.5. The van der Waals surface area contributed by atoms with Gasteiger partial charge in [-0.25, -0.2) is 0 Å². The minimum atomic E-state index is 0.109. The summed E-state index contributed by atoms with van der Waals surface area (Å²) in [5.74, 6) is 3.43. The van der Waals surface area contributed by atoms with Crippen molar-refractivity contribution in [1.82, 2.24) is 5.32 Å². The third-order valence-corrected chi connectivity index (χ3v) is 6.68. The van der Waals surface area contributed by atoms with Crippen LogP contribution in [0.5, 0.6) is 0 Å². The average Bonchev–Trinajstić information content (AvgIpc) is 2.26. The Morgan fingerprint density at radius 1 is 1.06 bits per heavy atom. The lowest BCUT2D eigenvalue weighted by Gasteiger charge is -2.64. The van der Waals surface area contributed by atoms with E-state index in [0.717, 1.165) is 37.1 Å². The minimum absolute atomic E-state index is 0.109. The van der Waals surface area contributed by atoms with Crippen molar-refractivity contribution in [3.8, 4) is 0 Å². The van der Waals surface area contributed by atoms with Gasteiger partial charge < -0.3 is 5.32 Å². The highest BCUT2D eigenvalue weighted by atomic mass is 16.1. The fraction of sp³-hybridized carbons (Fsp3) is 0.938. The van der Waals surface area contributed by atoms with Crippen LogP contribution in [0.15, 0.2) is 0 Å². The molecule has 5 aliphatic rings. The van der Waals surface area contributed by atoms with E-state index in [0.29, 0.717) is 11.2 Å². The predicted molar refractivity (Wildman–Crippen MR) is 71.3 cm³/mol. The molecule has 0 aromatic carbocycles. The number of rotatable bonds is 1. The summed E-state index contributed by atoms with van der Waals surface area (Å²) in [6.07, 6.45) is 10.2. The van der Waals surface area contributed by atoms with Gasteiger partial charge in [-0.1, -0.05) is 0 Å². The fourth-order valence-electron chi connectivity index (χ4n) is 6.18. The third kappa shape index (κ3) is 1.47. The number of nitrogens with one attached hydrogen (secondary N) is 1. The zero-order chi connectivity index (χ0) is 12.4. The summed E-state index contributed by atoms with van der Waals surface area (Å²) in [7, 11) is 0. The topological polar surface area (TPSA) is 29.1 Å². The van der Waals surface area contributed by atoms with E-state index < -0.39 is 0 Å². The van der Waals surface area contributed by atoms with Crippen molar-refractivity contribution < 1.29 is 4.79 Å². The van der Waals surface area contributed by atoms with Gasteiger partial charge in [-0.2, -0.15) is 0 Å². The molecule has 1 N–H and O–H groups in total. The Balaban J connectivity index is 1.68. The van der Waals surface area contributed by atoms with Gasteiger partial charge in [0.1, 0.15) is 5.78 Å². The smallest absolute Gasteiger partial charge is 0.136 e. The first-order chi connectivity index (χ1) is 8.59. The summed E-state index contributed by atoms with van der Waals surface area (Å²) in [6.45, 7) is 3.27. The molecule has 0 aromatic heterocycles. The van der Waals surface area contributed by atoms with E-state index >= 15 is 0 Å². The van der Waals surface area contributed by atoms with Gasteiger partial charge in [0.15, 0.2) is 0 Å². The Morgan fingerprint density at radius 2 is 1.61 bits per heavy atom. The molecule has 4 saturated carbocycles. The lowest BCUT2D eigenvalue weighted by Crippen LogP contribution is -2.65. The number of carbonyl (C=O) groups is 1. The van der Waals surface area contributed by atoms with Crippen LogP contribution < -0.4 is 5.32 Å². The van der Waals surface area contributed by atoms with Crippen LogP contribution in [0.25, 0.3) is 0 Å². The van der Waals surface area contributed by atoms with Crippen LogP contribution in [0.1, 0.15) is 58.3 Å². The predicted octanol–water partition coefficient (Wildman–Crippen LogP) is 2.91. The van der Waals surface area contributed by atoms with E-state index in [-0.39, 0.29) is 5.54 Å². The molecule has 1 atom stereocenters. The van der Waals surface area contributed by atoms with Crippen LogP contribution in [0.3, 0.4) is 0 Å². The summed E-state index contributed by atoms with van der Waals surface area (Å²) in [6, 6.07) is 0. The molecule has 4 aliphatic carbocycles. The Hall–Kier alpha value is -0.370. The first-order valence-corrected chi connectivity index (χ1v) is 7.85. The quantitative estimate of drug-likeness (QED) is 0.772. The molecule has 100 valence electrons. The fourth-order valence-corrected chi connectivity index (χ4v) is 6.18. The van der Waals surface area contributed by atoms with Crippen molar-refractivity contribution >= 4 is 5.78 Å². The summed E-state index contributed by atoms with van der Waals surface area (Å²) in [5.41, 5.74) is 0.566. The largest absolute Gasteiger partial charge is 0.310 e. The van der Waals surface area contributed by atoms with Crippen molar-refractivity contribution in [3.05, 3.63) is 0 Å². The van der Waals surface area contributed by atoms with E-state index in [4.69, 9.17) is 0 Å². The van der Waals surface area contributed by atoms with E-state index in [1.54, 1.807) is 0 Å². The van der Waals surface area contributed by atoms with E-state index in [1.807, 2.05) is 0 Å². The Morgan fingerprint density at radius 3 is 2.11 bits per heavy atom. The molecule has 4 bridgehead atoms. The van der Waals surface area contributed by atoms with Gasteiger partial charge in [-0.15, -0.1) is 0 Å². The number of Topliss-reactive ketones (excluding diaryl/α,β-unsaturated/α-hetero) is 1. The lowest BCUT2D eigenvalue weighted by atomic mass is 9.44. The number of carbonyl (C=O) groups excluding carboxylic acids is 1. The third-order valence-electron chi connectivity index (χ3n) is 6.68. The number of hydrogen-bond donors (Lipinski definition) is 1. The second kappa shape index (κ2) is 3.59. The molecular weight excluding hydrogens is 222 g/mol. The van der Waals surface area contributed by atoms with Gasteiger partial charge in [0, 0.05) is 24.9 Å². The Kier molecular flexibility index (Phi) is 2.29. The molecule has 0 radical (unpaired) electrons. The monoisotopic (exact) mass is 247 g/mol. The van der Waals surface area contributed by atoms with Gasteiger partial charge in [0.2, 0.25) is 0 Å². The molecule has 18 heavy (non-hydrogen) atoms. The molecule has 2 nitrogen and oxygen atoms in total. The van der Waals surface area contributed by atoms with Gasteiger partial charge in [-0.3, -0.25) is 4.79 Å². The second-order valence-electron chi connectivity index (χ2n) is 7.92. The van der Waals surface area contributed by atoms with E-state index in [1.165, 1.54) is 38.5 Å². The van der Waals surface area contributed by atoms with Gasteiger partial charge in [-0.05, 0) is 68.6 Å². The molecule has 0 amide bonds. The SMILES string of the molecule is CC1(C23CC4CC(CC(C4)C2)C3)CC(=O)CCN1. The summed E-state index contributed by atoms with van der Waals surface area (Å²) < 4.78 is 0. The van der Waals surface area contributed by atoms with Crippen LogP contribution in [0, 0.1) is 23.2 Å². The zero-order valence-corrected chi connectivity index (χ0v) is 11.5. The lowest BCUT2D eigenvalue weighted by molar-refractivity contribution is -0.135. The van der Waals surface area contributed by atoms with Crippen LogP contribution in [0.4, 0.5) is 0 Å². The van der Waals surface area contributed by atoms with Crippen LogP contribution in [0.2, 0.25) is 0 Å². The highest BCUT2D eigenvalue weighted by Crippen LogP contribution is 2.64. The van der Waals surface area contributed by atoms with Crippen molar-refractivity contribution in [2.24, 2.45) is 23.2 Å². The molecule has 1 heterocycles. The molecule has 0 spiro atoms. The molecule has 5 fully saturated rings. The summed E-state index contributed by atoms with van der Waals surface area (Å²) >= 11 is 0. The molecular formula is C16H25NO. The maximum absolute atomic E-state index is 11.9. The maximum atomic E-state index is 11.9. The molecule has 1 aliphatic heterocycles. The molecule has 5 rings (SSSR count). The number of ketones is 1. The van der Waals surface area contributed by atoms with Crippen molar-refractivity contribution in [2.45, 2.75) is 63.8 Å². The summed E-state index contributed by atoms with van der Waals surface area (Å²) in [5, 5.41) is 3.76. The number of piperidine rings is 1. The van der Waals surface area contributed by atoms with Crippen LogP contribution in [-0.2, 0) is 4.79 Å². The average molecular weight is 247 g/mol. The van der Waals surface area contributed by atoms with Crippen molar-refractivity contribution in [1.29, 1.82) is 0 Å². The van der Waals surface area contributed by atoms with Crippen molar-refractivity contribution in [3.63, 3.8) is 0 Å². The highest BCUT2D eigenvalue weighted by molar-refractivity contribution is 5.80. The highest BCUT2D eigenvalue weighted by Gasteiger charge is 2.59. The Labute approximate surface area is 110 Å². The first-order valence-electron chi connectivity index (χ1n) is 7.85. The summed E-state index contributed by atoms with van der Waals surface area (Å²) in [4.78, 5) is 11.9.